The Kier molecular flexibility index (Phi) is 2.73. The van der Waals surface area contributed by atoms with Crippen LogP contribution in [-0.4, -0.2) is 59.6 Å². The minimum Gasteiger partial charge on any atom is -0.481 e. The monoisotopic (exact) mass is 212 g/mol. The minimum atomic E-state index is -0.679. The third-order valence-corrected chi connectivity index (χ3v) is 3.85. The lowest BCUT2D eigenvalue weighted by molar-refractivity contribution is -0.139. The third-order valence-electron chi connectivity index (χ3n) is 3.85. The lowest BCUT2D eigenvalue weighted by Crippen LogP contribution is -2.48. The predicted octanol–water partition coefficient (Wildman–Crippen LogP) is 0.630. The van der Waals surface area contributed by atoms with Crippen molar-refractivity contribution in [3.63, 3.8) is 0 Å². The highest BCUT2D eigenvalue weighted by molar-refractivity contribution is 5.68. The van der Waals surface area contributed by atoms with Gasteiger partial charge in [-0.25, -0.2) is 0 Å². The van der Waals surface area contributed by atoms with E-state index < -0.39 is 5.97 Å². The molecule has 0 amide bonds. The molecule has 1 saturated carbocycles. The normalized spacial score (nSPS) is 32.5. The molecule has 0 aromatic carbocycles. The van der Waals surface area contributed by atoms with E-state index in [2.05, 4.69) is 9.80 Å². The molecule has 1 N–H and O–H groups in total. The van der Waals surface area contributed by atoms with Crippen LogP contribution >= 0.6 is 0 Å². The van der Waals surface area contributed by atoms with Gasteiger partial charge in [-0.05, 0) is 33.4 Å². The molecule has 1 aliphatic heterocycles. The molecule has 0 radical (unpaired) electrons. The average molecular weight is 212 g/mol. The summed E-state index contributed by atoms with van der Waals surface area (Å²) in [5.74, 6) is -0.679. The minimum absolute atomic E-state index is 0.131. The largest absolute Gasteiger partial charge is 0.481 e. The summed E-state index contributed by atoms with van der Waals surface area (Å²) in [6.45, 7) is 1.99. The first-order valence-electron chi connectivity index (χ1n) is 5.67. The fourth-order valence-corrected chi connectivity index (χ4v) is 2.59. The maximum Gasteiger partial charge on any atom is 0.305 e. The number of aliphatic carboxylic acids is 1. The second-order valence-corrected chi connectivity index (χ2v) is 5.14. The zero-order chi connectivity index (χ0) is 11.1. The standard InChI is InChI=1S/C11H20N2O2/c1-12(2)11(7-10(14)15)5-6-13(8-11)9-3-4-9/h9H,3-8H2,1-2H3,(H,14,15). The summed E-state index contributed by atoms with van der Waals surface area (Å²) in [5.41, 5.74) is -0.131. The molecule has 15 heavy (non-hydrogen) atoms. The molecular weight excluding hydrogens is 192 g/mol. The SMILES string of the molecule is CN(C)C1(CC(=O)O)CCN(C2CC2)C1. The molecule has 4 heteroatoms. The lowest BCUT2D eigenvalue weighted by Gasteiger charge is -2.35. The van der Waals surface area contributed by atoms with Crippen molar-refractivity contribution >= 4 is 5.97 Å². The molecular formula is C11H20N2O2. The van der Waals surface area contributed by atoms with Crippen molar-refractivity contribution < 1.29 is 9.90 Å². The van der Waals surface area contributed by atoms with E-state index in [-0.39, 0.29) is 12.0 Å². The van der Waals surface area contributed by atoms with E-state index in [9.17, 15) is 4.79 Å². The van der Waals surface area contributed by atoms with Crippen LogP contribution in [0.1, 0.15) is 25.7 Å². The zero-order valence-electron chi connectivity index (χ0n) is 9.57. The molecule has 0 aromatic rings. The van der Waals surface area contributed by atoms with Gasteiger partial charge in [0.15, 0.2) is 0 Å². The summed E-state index contributed by atoms with van der Waals surface area (Å²) >= 11 is 0. The van der Waals surface area contributed by atoms with Crippen molar-refractivity contribution in [3.8, 4) is 0 Å². The van der Waals surface area contributed by atoms with Gasteiger partial charge in [-0.2, -0.15) is 0 Å². The van der Waals surface area contributed by atoms with Gasteiger partial charge >= 0.3 is 5.97 Å². The van der Waals surface area contributed by atoms with Crippen LogP contribution in [0.3, 0.4) is 0 Å². The molecule has 2 fully saturated rings. The molecule has 86 valence electrons. The van der Waals surface area contributed by atoms with Crippen LogP contribution in [0, 0.1) is 0 Å². The molecule has 1 aliphatic carbocycles. The molecule has 2 rings (SSSR count). The van der Waals surface area contributed by atoms with Gasteiger partial charge < -0.3 is 10.0 Å². The topological polar surface area (TPSA) is 43.8 Å². The van der Waals surface area contributed by atoms with Gasteiger partial charge in [-0.15, -0.1) is 0 Å². The van der Waals surface area contributed by atoms with Crippen molar-refractivity contribution in [1.82, 2.24) is 9.80 Å². The summed E-state index contributed by atoms with van der Waals surface area (Å²) in [6.07, 6.45) is 3.86. The summed E-state index contributed by atoms with van der Waals surface area (Å²) in [7, 11) is 4.00. The molecule has 1 heterocycles. The molecule has 4 nitrogen and oxygen atoms in total. The predicted molar refractivity (Wildman–Crippen MR) is 57.9 cm³/mol. The van der Waals surface area contributed by atoms with Gasteiger partial charge in [-0.3, -0.25) is 9.69 Å². The highest BCUT2D eigenvalue weighted by Gasteiger charge is 2.45. The first kappa shape index (κ1) is 10.9. The van der Waals surface area contributed by atoms with E-state index in [4.69, 9.17) is 5.11 Å². The summed E-state index contributed by atoms with van der Waals surface area (Å²) in [6, 6.07) is 0.751. The number of rotatable bonds is 4. The molecule has 2 aliphatic rings. The van der Waals surface area contributed by atoms with Crippen LogP contribution in [-0.2, 0) is 4.79 Å². The Labute approximate surface area is 90.9 Å². The fraction of sp³-hybridized carbons (Fsp3) is 0.909. The molecule has 1 saturated heterocycles. The first-order valence-corrected chi connectivity index (χ1v) is 5.67. The van der Waals surface area contributed by atoms with E-state index in [0.29, 0.717) is 0 Å². The quantitative estimate of drug-likeness (QED) is 0.742. The number of nitrogens with zero attached hydrogens (tertiary/aromatic N) is 2. The number of carboxylic acids is 1. The molecule has 0 spiro atoms. The van der Waals surface area contributed by atoms with Crippen LogP contribution < -0.4 is 0 Å². The number of carbonyl (C=O) groups is 1. The maximum absolute atomic E-state index is 10.9. The van der Waals surface area contributed by atoms with E-state index in [1.165, 1.54) is 12.8 Å². The van der Waals surface area contributed by atoms with Crippen molar-refractivity contribution in [2.24, 2.45) is 0 Å². The Balaban J connectivity index is 2.03. The molecule has 1 atom stereocenters. The van der Waals surface area contributed by atoms with Gasteiger partial charge in [0.1, 0.15) is 0 Å². The number of likely N-dealkylation sites (N-methyl/N-ethyl adjacent to an activating group) is 1. The van der Waals surface area contributed by atoms with Crippen molar-refractivity contribution in [1.29, 1.82) is 0 Å². The van der Waals surface area contributed by atoms with E-state index in [0.717, 1.165) is 25.6 Å². The second kappa shape index (κ2) is 3.76. The number of carboxylic acid groups (broad SMARTS) is 1. The van der Waals surface area contributed by atoms with Crippen LogP contribution in [0.15, 0.2) is 0 Å². The van der Waals surface area contributed by atoms with Crippen LogP contribution in [0.2, 0.25) is 0 Å². The van der Waals surface area contributed by atoms with Crippen molar-refractivity contribution in [3.05, 3.63) is 0 Å². The van der Waals surface area contributed by atoms with E-state index in [1.807, 2.05) is 14.1 Å². The second-order valence-electron chi connectivity index (χ2n) is 5.14. The Morgan fingerprint density at radius 1 is 1.53 bits per heavy atom. The summed E-state index contributed by atoms with van der Waals surface area (Å²) in [4.78, 5) is 15.5. The highest BCUT2D eigenvalue weighted by Crippen LogP contribution is 2.36. The third kappa shape index (κ3) is 2.16. The number of hydrogen-bond donors (Lipinski definition) is 1. The lowest BCUT2D eigenvalue weighted by atomic mass is 9.93. The Morgan fingerprint density at radius 2 is 2.20 bits per heavy atom. The van der Waals surface area contributed by atoms with E-state index in [1.54, 1.807) is 0 Å². The van der Waals surface area contributed by atoms with Gasteiger partial charge in [0, 0.05) is 24.7 Å². The van der Waals surface area contributed by atoms with Crippen molar-refractivity contribution in [2.75, 3.05) is 27.2 Å². The maximum atomic E-state index is 10.9. The smallest absolute Gasteiger partial charge is 0.305 e. The van der Waals surface area contributed by atoms with Gasteiger partial charge in [0.2, 0.25) is 0 Å². The summed E-state index contributed by atoms with van der Waals surface area (Å²) in [5, 5.41) is 8.98. The van der Waals surface area contributed by atoms with Crippen molar-refractivity contribution in [2.45, 2.75) is 37.3 Å². The van der Waals surface area contributed by atoms with Crippen LogP contribution in [0.5, 0.6) is 0 Å². The Hall–Kier alpha value is -0.610. The Bertz CT molecular complexity index is 263. The number of hydrogen-bond acceptors (Lipinski definition) is 3. The zero-order valence-corrected chi connectivity index (χ0v) is 9.57. The van der Waals surface area contributed by atoms with E-state index >= 15 is 0 Å². The fourth-order valence-electron chi connectivity index (χ4n) is 2.59. The van der Waals surface area contributed by atoms with Crippen LogP contribution in [0.25, 0.3) is 0 Å². The van der Waals surface area contributed by atoms with Crippen LogP contribution in [0.4, 0.5) is 0 Å². The first-order chi connectivity index (χ1) is 7.03. The molecule has 0 bridgehead atoms. The summed E-state index contributed by atoms with van der Waals surface area (Å²) < 4.78 is 0. The Morgan fingerprint density at radius 3 is 2.67 bits per heavy atom. The van der Waals surface area contributed by atoms with Gasteiger partial charge in [0.25, 0.3) is 0 Å². The van der Waals surface area contributed by atoms with Gasteiger partial charge in [0.05, 0.1) is 6.42 Å². The molecule has 0 aromatic heterocycles. The highest BCUT2D eigenvalue weighted by atomic mass is 16.4. The molecule has 1 unspecified atom stereocenters. The van der Waals surface area contributed by atoms with Gasteiger partial charge in [-0.1, -0.05) is 0 Å². The number of likely N-dealkylation sites (tertiary alicyclic amines) is 1. The average Bonchev–Trinajstić information content (AvgIpc) is 2.88.